The molecule has 144 valence electrons. The summed E-state index contributed by atoms with van der Waals surface area (Å²) in [6.07, 6.45) is 2.45. The van der Waals surface area contributed by atoms with E-state index in [2.05, 4.69) is 24.1 Å². The number of carbonyl (C=O) groups is 2. The third-order valence-corrected chi connectivity index (χ3v) is 6.32. The molecule has 0 bridgehead atoms. The van der Waals surface area contributed by atoms with Gasteiger partial charge in [0.15, 0.2) is 5.38 Å². The van der Waals surface area contributed by atoms with Gasteiger partial charge in [-0.05, 0) is 37.0 Å². The van der Waals surface area contributed by atoms with E-state index in [1.165, 1.54) is 7.11 Å². The Morgan fingerprint density at radius 1 is 1.32 bits per heavy atom. The van der Waals surface area contributed by atoms with Gasteiger partial charge in [-0.15, -0.1) is 0 Å². The number of ether oxygens (including phenoxy) is 1. The van der Waals surface area contributed by atoms with Crippen LogP contribution in [0, 0.1) is 12.8 Å². The Kier molecular flexibility index (Phi) is 4.50. The summed E-state index contributed by atoms with van der Waals surface area (Å²) < 4.78 is 4.90. The highest BCUT2D eigenvalue weighted by atomic mass is 32.2. The Hall–Kier alpha value is -3.00. The van der Waals surface area contributed by atoms with Gasteiger partial charge in [0.05, 0.1) is 12.8 Å². The monoisotopic (exact) mass is 397 g/mol. The lowest BCUT2D eigenvalue weighted by molar-refractivity contribution is 0.199. The van der Waals surface area contributed by atoms with Gasteiger partial charge >= 0.3 is 11.3 Å². The van der Waals surface area contributed by atoms with Gasteiger partial charge in [0.25, 0.3) is 4.83 Å². The van der Waals surface area contributed by atoms with E-state index in [1.54, 1.807) is 22.5 Å². The van der Waals surface area contributed by atoms with E-state index in [-0.39, 0.29) is 11.3 Å². The normalized spacial score (nSPS) is 13.8. The van der Waals surface area contributed by atoms with E-state index in [1.807, 2.05) is 19.1 Å². The van der Waals surface area contributed by atoms with Gasteiger partial charge in [-0.1, -0.05) is 19.9 Å². The third kappa shape index (κ3) is 2.90. The molecule has 0 spiro atoms. The number of anilines is 3. The Balaban J connectivity index is 1.91. The predicted molar refractivity (Wildman–Crippen MR) is 111 cm³/mol. The van der Waals surface area contributed by atoms with Gasteiger partial charge in [-0.3, -0.25) is 0 Å². The summed E-state index contributed by atoms with van der Waals surface area (Å²) in [5.41, 5.74) is 3.11. The molecule has 1 aliphatic rings. The maximum Gasteiger partial charge on any atom is 0.556 e. The maximum absolute atomic E-state index is 13.0. The Labute approximate surface area is 165 Å². The second-order valence-electron chi connectivity index (χ2n) is 7.14. The lowest BCUT2D eigenvalue weighted by Crippen LogP contribution is -2.34. The van der Waals surface area contributed by atoms with Crippen molar-refractivity contribution in [3.05, 3.63) is 41.0 Å². The predicted octanol–water partition coefficient (Wildman–Crippen LogP) is 5.18. The minimum Gasteiger partial charge on any atom is -0.425 e. The minimum atomic E-state index is -0.947. The molecule has 0 aliphatic carbocycles. The molecule has 0 radical (unpaired) electrons. The zero-order valence-electron chi connectivity index (χ0n) is 16.1. The number of rotatable bonds is 4. The number of amides is 2. The molecular formula is C20H21N4O3S+. The van der Waals surface area contributed by atoms with E-state index in [4.69, 9.17) is 9.72 Å². The van der Waals surface area contributed by atoms with E-state index >= 15 is 0 Å². The van der Waals surface area contributed by atoms with Gasteiger partial charge in [0.1, 0.15) is 27.4 Å². The van der Waals surface area contributed by atoms with E-state index < -0.39 is 10.5 Å². The molecule has 0 aromatic carbocycles. The molecular weight excluding hydrogens is 376 g/mol. The smallest absolute Gasteiger partial charge is 0.425 e. The lowest BCUT2D eigenvalue weighted by Gasteiger charge is -2.27. The molecule has 1 atom stereocenters. The number of aryl methyl sites for hydroxylation is 1. The van der Waals surface area contributed by atoms with Crippen molar-refractivity contribution in [2.24, 2.45) is 5.92 Å². The third-order valence-electron chi connectivity index (χ3n) is 4.60. The largest absolute Gasteiger partial charge is 0.556 e. The van der Waals surface area contributed by atoms with Crippen molar-refractivity contribution < 1.29 is 14.3 Å². The molecule has 28 heavy (non-hydrogen) atoms. The molecule has 4 rings (SSSR count). The van der Waals surface area contributed by atoms with Crippen LogP contribution in [0.1, 0.15) is 25.1 Å². The van der Waals surface area contributed by atoms with E-state index in [0.29, 0.717) is 27.9 Å². The number of carbonyl (C=O) groups excluding carboxylic acids is 2. The zero-order valence-corrected chi connectivity index (χ0v) is 17.0. The summed E-state index contributed by atoms with van der Waals surface area (Å²) in [5, 5.41) is 4.98. The summed E-state index contributed by atoms with van der Waals surface area (Å²) in [4.78, 5) is 36.5. The molecule has 2 amide bonds. The van der Waals surface area contributed by atoms with Crippen LogP contribution >= 0.6 is 10.5 Å². The quantitative estimate of drug-likeness (QED) is 0.484. The number of aromatic nitrogens is 2. The molecule has 3 aromatic heterocycles. The number of urea groups is 1. The van der Waals surface area contributed by atoms with Crippen molar-refractivity contribution >= 4 is 49.2 Å². The number of hydrogen-bond acceptors (Lipinski definition) is 5. The summed E-state index contributed by atoms with van der Waals surface area (Å²) in [5.74, 6) is 1.05. The SMILES string of the molecule is COC(=O)[s+]1cc2c3c(ccnc31)N(c1nc(CC(C)C)ccc1C)C(=O)N2. The van der Waals surface area contributed by atoms with Gasteiger partial charge in [0, 0.05) is 11.9 Å². The number of hydrogen-bond donors (Lipinski definition) is 1. The average Bonchev–Trinajstić information content (AvgIpc) is 3.03. The van der Waals surface area contributed by atoms with Crippen LogP contribution in [0.15, 0.2) is 29.8 Å². The molecule has 7 nitrogen and oxygen atoms in total. The molecule has 0 fully saturated rings. The van der Waals surface area contributed by atoms with Gasteiger partial charge < -0.3 is 10.1 Å². The maximum atomic E-state index is 13.0. The van der Waals surface area contributed by atoms with E-state index in [0.717, 1.165) is 23.1 Å². The second kappa shape index (κ2) is 6.87. The van der Waals surface area contributed by atoms with Crippen LogP contribution in [-0.2, 0) is 11.2 Å². The number of nitrogens with zero attached hydrogens (tertiary/aromatic N) is 3. The van der Waals surface area contributed by atoms with Crippen molar-refractivity contribution in [3.8, 4) is 0 Å². The summed E-state index contributed by atoms with van der Waals surface area (Å²) in [6.45, 7) is 6.20. The Bertz CT molecular complexity index is 1110. The van der Waals surface area contributed by atoms with Crippen LogP contribution in [-0.4, -0.2) is 28.4 Å². The fraction of sp³-hybridized carbons (Fsp3) is 0.300. The second-order valence-corrected chi connectivity index (χ2v) is 8.77. The number of pyridine rings is 2. The van der Waals surface area contributed by atoms with Crippen molar-refractivity contribution in [2.75, 3.05) is 17.3 Å². The van der Waals surface area contributed by atoms with Gasteiger partial charge in [0.2, 0.25) is 0 Å². The van der Waals surface area contributed by atoms with Gasteiger partial charge in [-0.2, -0.15) is 4.79 Å². The molecule has 0 saturated carbocycles. The topological polar surface area (TPSA) is 84.4 Å². The highest BCUT2D eigenvalue weighted by Gasteiger charge is 2.37. The fourth-order valence-corrected chi connectivity index (χ4v) is 4.95. The first-order chi connectivity index (χ1) is 13.4. The summed E-state index contributed by atoms with van der Waals surface area (Å²) in [6, 6.07) is 5.46. The molecule has 8 heteroatoms. The number of nitrogens with one attached hydrogen (secondary N) is 1. The van der Waals surface area contributed by atoms with Crippen LogP contribution in [0.25, 0.3) is 10.2 Å². The van der Waals surface area contributed by atoms with Crippen LogP contribution in [0.2, 0.25) is 0 Å². The summed E-state index contributed by atoms with van der Waals surface area (Å²) in [7, 11) is 0.403. The highest BCUT2D eigenvalue weighted by Crippen LogP contribution is 2.47. The molecule has 1 aliphatic heterocycles. The number of methoxy groups -OCH3 is 1. The van der Waals surface area contributed by atoms with Crippen molar-refractivity contribution in [1.29, 1.82) is 0 Å². The van der Waals surface area contributed by atoms with Crippen molar-refractivity contribution in [1.82, 2.24) is 9.97 Å². The zero-order chi connectivity index (χ0) is 20.0. The standard InChI is InChI=1S/C20H20N4O3S/c1-11(2)9-13-6-5-12(3)17(22-13)24-15-7-8-21-18-16(15)14(23-19(24)25)10-28(18)20(26)27-4/h5-8,10-11H,9H2,1-4H3/p+1. The van der Waals surface area contributed by atoms with Crippen molar-refractivity contribution in [3.63, 3.8) is 0 Å². The van der Waals surface area contributed by atoms with Crippen molar-refractivity contribution in [2.45, 2.75) is 27.2 Å². The lowest BCUT2D eigenvalue weighted by atomic mass is 10.1. The van der Waals surface area contributed by atoms with Crippen LogP contribution in [0.3, 0.4) is 0 Å². The molecule has 3 aromatic rings. The summed E-state index contributed by atoms with van der Waals surface area (Å²) >= 11 is 0. The van der Waals surface area contributed by atoms with Crippen LogP contribution in [0.5, 0.6) is 0 Å². The Morgan fingerprint density at radius 3 is 2.82 bits per heavy atom. The first-order valence-electron chi connectivity index (χ1n) is 9.00. The van der Waals surface area contributed by atoms with Crippen LogP contribution < -0.4 is 10.2 Å². The molecule has 1 N–H and O–H groups in total. The highest BCUT2D eigenvalue weighted by molar-refractivity contribution is 7.54. The first-order valence-corrected chi connectivity index (χ1v) is 10.3. The molecule has 0 saturated heterocycles. The van der Waals surface area contributed by atoms with E-state index in [9.17, 15) is 9.59 Å². The first kappa shape index (κ1) is 18.4. The van der Waals surface area contributed by atoms with Crippen LogP contribution in [0.4, 0.5) is 26.8 Å². The number of thiophene rings is 1. The molecule has 1 unspecified atom stereocenters. The Morgan fingerprint density at radius 2 is 2.11 bits per heavy atom. The van der Waals surface area contributed by atoms with Gasteiger partial charge in [-0.25, -0.2) is 19.7 Å². The fourth-order valence-electron chi connectivity index (χ4n) is 3.39. The average molecular weight is 397 g/mol. The molecule has 4 heterocycles. The minimum absolute atomic E-state index is 0.302.